The molecular formula is C19H26FN5O2. The number of carbonyl (C=O) groups is 1. The van der Waals surface area contributed by atoms with Gasteiger partial charge in [-0.05, 0) is 58.9 Å². The Balaban J connectivity index is 2.39. The van der Waals surface area contributed by atoms with Crippen LogP contribution in [0, 0.1) is 5.82 Å². The standard InChI is InChI=1S/C19H26FN5O2/c1-12(2)22-18(26)25(15-8-6-14(20)7-9-15)16-10-11-21-17(24-16)23-13(3)19(4,5)27/h6-13,27H,1-5H3,(H,22,26)(H,21,23,24)/t13-/m0/s1. The monoisotopic (exact) mass is 375 g/mol. The van der Waals surface area contributed by atoms with E-state index < -0.39 is 17.4 Å². The lowest BCUT2D eigenvalue weighted by molar-refractivity contribution is 0.0646. The molecule has 1 atom stereocenters. The second-order valence-electron chi connectivity index (χ2n) is 7.17. The molecular weight excluding hydrogens is 349 g/mol. The number of halogens is 1. The minimum atomic E-state index is -0.981. The maximum atomic E-state index is 13.3. The molecule has 146 valence electrons. The number of nitrogens with zero attached hydrogens (tertiary/aromatic N) is 3. The van der Waals surface area contributed by atoms with Crippen molar-refractivity contribution in [1.82, 2.24) is 15.3 Å². The number of hydrogen-bond donors (Lipinski definition) is 3. The first-order valence-corrected chi connectivity index (χ1v) is 8.76. The average molecular weight is 375 g/mol. The molecule has 1 heterocycles. The van der Waals surface area contributed by atoms with Gasteiger partial charge in [0.25, 0.3) is 0 Å². The average Bonchev–Trinajstić information content (AvgIpc) is 2.56. The molecule has 2 rings (SSSR count). The molecule has 0 fully saturated rings. The van der Waals surface area contributed by atoms with E-state index in [1.54, 1.807) is 26.8 Å². The van der Waals surface area contributed by atoms with Crippen molar-refractivity contribution in [2.24, 2.45) is 0 Å². The summed E-state index contributed by atoms with van der Waals surface area (Å²) in [6.07, 6.45) is 1.51. The Morgan fingerprint density at radius 1 is 1.19 bits per heavy atom. The number of nitrogens with one attached hydrogen (secondary N) is 2. The van der Waals surface area contributed by atoms with Crippen LogP contribution in [0.3, 0.4) is 0 Å². The summed E-state index contributed by atoms with van der Waals surface area (Å²) in [6, 6.07) is 6.35. The Morgan fingerprint density at radius 2 is 1.81 bits per heavy atom. The van der Waals surface area contributed by atoms with E-state index in [-0.39, 0.29) is 18.0 Å². The normalized spacial score (nSPS) is 12.6. The number of aliphatic hydroxyl groups is 1. The van der Waals surface area contributed by atoms with Gasteiger partial charge in [0.15, 0.2) is 0 Å². The van der Waals surface area contributed by atoms with Crippen LogP contribution >= 0.6 is 0 Å². The zero-order valence-electron chi connectivity index (χ0n) is 16.2. The summed E-state index contributed by atoms with van der Waals surface area (Å²) < 4.78 is 13.3. The van der Waals surface area contributed by atoms with Gasteiger partial charge < -0.3 is 15.7 Å². The van der Waals surface area contributed by atoms with Gasteiger partial charge in [-0.15, -0.1) is 0 Å². The number of benzene rings is 1. The summed E-state index contributed by atoms with van der Waals surface area (Å²) in [4.78, 5) is 22.6. The molecule has 0 unspecified atom stereocenters. The van der Waals surface area contributed by atoms with Crippen molar-refractivity contribution >= 4 is 23.5 Å². The van der Waals surface area contributed by atoms with Crippen LogP contribution in [0.15, 0.2) is 36.5 Å². The first-order chi connectivity index (χ1) is 12.6. The smallest absolute Gasteiger partial charge is 0.327 e. The van der Waals surface area contributed by atoms with Gasteiger partial charge in [-0.1, -0.05) is 0 Å². The third kappa shape index (κ3) is 5.62. The zero-order valence-corrected chi connectivity index (χ0v) is 16.2. The summed E-state index contributed by atoms with van der Waals surface area (Å²) >= 11 is 0. The molecule has 0 aliphatic carbocycles. The summed E-state index contributed by atoms with van der Waals surface area (Å²) in [7, 11) is 0. The summed E-state index contributed by atoms with van der Waals surface area (Å²) in [6.45, 7) is 8.85. The summed E-state index contributed by atoms with van der Waals surface area (Å²) in [5.74, 6) is 0.193. The van der Waals surface area contributed by atoms with Crippen LogP contribution in [-0.4, -0.2) is 38.8 Å². The van der Waals surface area contributed by atoms with Crippen molar-refractivity contribution in [3.63, 3.8) is 0 Å². The predicted octanol–water partition coefficient (Wildman–Crippen LogP) is 3.44. The molecule has 0 saturated carbocycles. The minimum absolute atomic E-state index is 0.0879. The van der Waals surface area contributed by atoms with Crippen LogP contribution in [0.5, 0.6) is 0 Å². The topological polar surface area (TPSA) is 90.4 Å². The Hall–Kier alpha value is -2.74. The highest BCUT2D eigenvalue weighted by Gasteiger charge is 2.24. The van der Waals surface area contributed by atoms with E-state index in [9.17, 15) is 14.3 Å². The molecule has 0 aliphatic heterocycles. The van der Waals surface area contributed by atoms with Crippen molar-refractivity contribution < 1.29 is 14.3 Å². The molecule has 2 amide bonds. The maximum Gasteiger partial charge on any atom is 0.327 e. The summed E-state index contributed by atoms with van der Waals surface area (Å²) in [5.41, 5.74) is -0.514. The fourth-order valence-electron chi connectivity index (χ4n) is 2.17. The third-order valence-electron chi connectivity index (χ3n) is 3.98. The van der Waals surface area contributed by atoms with Crippen LogP contribution < -0.4 is 15.5 Å². The highest BCUT2D eigenvalue weighted by molar-refractivity contribution is 5.98. The number of urea groups is 1. The van der Waals surface area contributed by atoms with E-state index in [1.807, 2.05) is 13.8 Å². The lowest BCUT2D eigenvalue weighted by Gasteiger charge is -2.27. The molecule has 0 spiro atoms. The lowest BCUT2D eigenvalue weighted by Crippen LogP contribution is -2.41. The van der Waals surface area contributed by atoms with Gasteiger partial charge in [-0.25, -0.2) is 19.1 Å². The molecule has 0 bridgehead atoms. The molecule has 3 N–H and O–H groups in total. The SMILES string of the molecule is CC(C)NC(=O)N(c1ccc(F)cc1)c1ccnc(N[C@@H](C)C(C)(C)O)n1. The van der Waals surface area contributed by atoms with Gasteiger partial charge in [-0.2, -0.15) is 4.98 Å². The number of carbonyl (C=O) groups excluding carboxylic acids is 1. The Bertz CT molecular complexity index is 774. The predicted molar refractivity (Wildman–Crippen MR) is 104 cm³/mol. The highest BCUT2D eigenvalue weighted by atomic mass is 19.1. The number of aromatic nitrogens is 2. The van der Waals surface area contributed by atoms with Crippen LogP contribution in [0.25, 0.3) is 0 Å². The van der Waals surface area contributed by atoms with Gasteiger partial charge in [0.1, 0.15) is 11.6 Å². The van der Waals surface area contributed by atoms with Crippen LogP contribution in [0.1, 0.15) is 34.6 Å². The Labute approximate surface area is 158 Å². The van der Waals surface area contributed by atoms with Gasteiger partial charge >= 0.3 is 6.03 Å². The second kappa shape index (κ2) is 8.30. The summed E-state index contributed by atoms with van der Waals surface area (Å²) in [5, 5.41) is 15.9. The van der Waals surface area contributed by atoms with E-state index in [0.717, 1.165) is 0 Å². The minimum Gasteiger partial charge on any atom is -0.388 e. The van der Waals surface area contributed by atoms with Crippen LogP contribution in [-0.2, 0) is 0 Å². The van der Waals surface area contributed by atoms with Crippen LogP contribution in [0.2, 0.25) is 0 Å². The molecule has 27 heavy (non-hydrogen) atoms. The van der Waals surface area contributed by atoms with E-state index >= 15 is 0 Å². The molecule has 2 aromatic rings. The van der Waals surface area contributed by atoms with Crippen molar-refractivity contribution in [2.45, 2.75) is 52.3 Å². The molecule has 7 nitrogen and oxygen atoms in total. The molecule has 1 aromatic carbocycles. The quantitative estimate of drug-likeness (QED) is 0.719. The molecule has 0 aliphatic rings. The van der Waals surface area contributed by atoms with E-state index in [1.165, 1.54) is 35.4 Å². The zero-order chi connectivity index (χ0) is 20.2. The van der Waals surface area contributed by atoms with Gasteiger partial charge in [0.2, 0.25) is 5.95 Å². The lowest BCUT2D eigenvalue weighted by atomic mass is 10.0. The second-order valence-corrected chi connectivity index (χ2v) is 7.17. The first kappa shape index (κ1) is 20.6. The Kier molecular flexibility index (Phi) is 6.32. The van der Waals surface area contributed by atoms with Crippen molar-refractivity contribution in [3.05, 3.63) is 42.3 Å². The fourth-order valence-corrected chi connectivity index (χ4v) is 2.17. The van der Waals surface area contributed by atoms with Crippen LogP contribution in [0.4, 0.5) is 26.6 Å². The highest BCUT2D eigenvalue weighted by Crippen LogP contribution is 2.25. The molecule has 0 saturated heterocycles. The fraction of sp³-hybridized carbons (Fsp3) is 0.421. The van der Waals surface area contributed by atoms with Gasteiger partial charge in [-0.3, -0.25) is 0 Å². The number of amides is 2. The molecule has 1 aromatic heterocycles. The number of rotatable bonds is 6. The molecule has 8 heteroatoms. The van der Waals surface area contributed by atoms with Crippen molar-refractivity contribution in [3.8, 4) is 0 Å². The molecule has 0 radical (unpaired) electrons. The third-order valence-corrected chi connectivity index (χ3v) is 3.98. The number of hydrogen-bond acceptors (Lipinski definition) is 5. The largest absolute Gasteiger partial charge is 0.388 e. The van der Waals surface area contributed by atoms with E-state index in [4.69, 9.17) is 0 Å². The number of anilines is 3. The van der Waals surface area contributed by atoms with Crippen molar-refractivity contribution in [1.29, 1.82) is 0 Å². The van der Waals surface area contributed by atoms with E-state index in [0.29, 0.717) is 11.5 Å². The Morgan fingerprint density at radius 3 is 2.37 bits per heavy atom. The van der Waals surface area contributed by atoms with Crippen molar-refractivity contribution in [2.75, 3.05) is 10.2 Å². The van der Waals surface area contributed by atoms with Gasteiger partial charge in [0.05, 0.1) is 17.3 Å². The maximum absolute atomic E-state index is 13.3. The van der Waals surface area contributed by atoms with Gasteiger partial charge in [0, 0.05) is 18.3 Å². The van der Waals surface area contributed by atoms with E-state index in [2.05, 4.69) is 20.6 Å². The first-order valence-electron chi connectivity index (χ1n) is 8.76.